The number of carbonyl (C=O) groups is 1. The standard InChI is InChI=1S/C13H21N3O/c1-10(11-14-8-9-15-11)16-12(17)13(2)6-4-3-5-7-13/h8-10H,3-7H2,1-2H3,(H,14,15)(H,16,17). The highest BCUT2D eigenvalue weighted by atomic mass is 16.2. The third-order valence-corrected chi connectivity index (χ3v) is 3.78. The topological polar surface area (TPSA) is 57.8 Å². The normalized spacial score (nSPS) is 20.8. The average molecular weight is 235 g/mol. The van der Waals surface area contributed by atoms with Gasteiger partial charge < -0.3 is 10.3 Å². The Labute approximate surface area is 102 Å². The van der Waals surface area contributed by atoms with Gasteiger partial charge in [0.25, 0.3) is 0 Å². The molecular weight excluding hydrogens is 214 g/mol. The second-order valence-electron chi connectivity index (χ2n) is 5.29. The molecule has 1 atom stereocenters. The van der Waals surface area contributed by atoms with Gasteiger partial charge in [-0.25, -0.2) is 4.98 Å². The third-order valence-electron chi connectivity index (χ3n) is 3.78. The van der Waals surface area contributed by atoms with Crippen LogP contribution in [-0.2, 0) is 4.79 Å². The smallest absolute Gasteiger partial charge is 0.226 e. The molecule has 1 unspecified atom stereocenters. The fourth-order valence-electron chi connectivity index (χ4n) is 2.51. The summed E-state index contributed by atoms with van der Waals surface area (Å²) < 4.78 is 0. The summed E-state index contributed by atoms with van der Waals surface area (Å²) in [7, 11) is 0. The van der Waals surface area contributed by atoms with E-state index in [4.69, 9.17) is 0 Å². The van der Waals surface area contributed by atoms with Crippen molar-refractivity contribution in [1.82, 2.24) is 15.3 Å². The molecule has 1 aliphatic rings. The van der Waals surface area contributed by atoms with E-state index in [1.165, 1.54) is 19.3 Å². The molecule has 0 aliphatic heterocycles. The van der Waals surface area contributed by atoms with Crippen molar-refractivity contribution in [2.45, 2.75) is 52.0 Å². The van der Waals surface area contributed by atoms with Gasteiger partial charge in [0, 0.05) is 17.8 Å². The highest BCUT2D eigenvalue weighted by Crippen LogP contribution is 2.36. The van der Waals surface area contributed by atoms with E-state index in [9.17, 15) is 4.79 Å². The van der Waals surface area contributed by atoms with E-state index in [1.54, 1.807) is 12.4 Å². The number of H-pyrrole nitrogens is 1. The predicted molar refractivity (Wildman–Crippen MR) is 66.3 cm³/mol. The number of hydrogen-bond acceptors (Lipinski definition) is 2. The molecule has 1 aromatic rings. The minimum atomic E-state index is -0.181. The fraction of sp³-hybridized carbons (Fsp3) is 0.692. The van der Waals surface area contributed by atoms with Crippen LogP contribution in [0.15, 0.2) is 12.4 Å². The Kier molecular flexibility index (Phi) is 3.50. The summed E-state index contributed by atoms with van der Waals surface area (Å²) in [6, 6.07) is -0.0451. The van der Waals surface area contributed by atoms with Crippen LogP contribution in [0.25, 0.3) is 0 Å². The zero-order chi connectivity index (χ0) is 12.3. The number of nitrogens with one attached hydrogen (secondary N) is 2. The number of amides is 1. The number of rotatable bonds is 3. The van der Waals surface area contributed by atoms with Gasteiger partial charge in [-0.2, -0.15) is 0 Å². The minimum Gasteiger partial charge on any atom is -0.347 e. The van der Waals surface area contributed by atoms with E-state index in [1.807, 2.05) is 6.92 Å². The van der Waals surface area contributed by atoms with E-state index >= 15 is 0 Å². The van der Waals surface area contributed by atoms with Gasteiger partial charge in [-0.05, 0) is 19.8 Å². The summed E-state index contributed by atoms with van der Waals surface area (Å²) in [6.07, 6.45) is 9.09. The van der Waals surface area contributed by atoms with Crippen molar-refractivity contribution in [3.63, 3.8) is 0 Å². The van der Waals surface area contributed by atoms with Gasteiger partial charge in [-0.15, -0.1) is 0 Å². The summed E-state index contributed by atoms with van der Waals surface area (Å²) >= 11 is 0. The van der Waals surface area contributed by atoms with Gasteiger partial charge in [0.1, 0.15) is 5.82 Å². The van der Waals surface area contributed by atoms with Crippen molar-refractivity contribution in [1.29, 1.82) is 0 Å². The summed E-state index contributed by atoms with van der Waals surface area (Å²) in [5.74, 6) is 0.985. The van der Waals surface area contributed by atoms with Crippen LogP contribution in [0.4, 0.5) is 0 Å². The first-order chi connectivity index (χ1) is 8.12. The molecule has 1 aromatic heterocycles. The molecule has 4 nitrogen and oxygen atoms in total. The molecule has 1 amide bonds. The van der Waals surface area contributed by atoms with Crippen molar-refractivity contribution >= 4 is 5.91 Å². The molecular formula is C13H21N3O. The lowest BCUT2D eigenvalue weighted by Crippen LogP contribution is -2.41. The van der Waals surface area contributed by atoms with Crippen molar-refractivity contribution in [2.75, 3.05) is 0 Å². The lowest BCUT2D eigenvalue weighted by molar-refractivity contribution is -0.132. The summed E-state index contributed by atoms with van der Waals surface area (Å²) in [4.78, 5) is 19.5. The van der Waals surface area contributed by atoms with Crippen LogP contribution in [0, 0.1) is 5.41 Å². The molecule has 0 aromatic carbocycles. The summed E-state index contributed by atoms with van der Waals surface area (Å²) in [5, 5.41) is 3.06. The minimum absolute atomic E-state index is 0.0451. The maximum atomic E-state index is 12.3. The van der Waals surface area contributed by atoms with Crippen LogP contribution < -0.4 is 5.32 Å². The van der Waals surface area contributed by atoms with Crippen molar-refractivity contribution < 1.29 is 4.79 Å². The lowest BCUT2D eigenvalue weighted by atomic mass is 9.75. The summed E-state index contributed by atoms with van der Waals surface area (Å²) in [5.41, 5.74) is -0.181. The zero-order valence-corrected chi connectivity index (χ0v) is 10.6. The third kappa shape index (κ3) is 2.68. The Hall–Kier alpha value is -1.32. The van der Waals surface area contributed by atoms with Gasteiger partial charge in [0.2, 0.25) is 5.91 Å². The molecule has 0 bridgehead atoms. The monoisotopic (exact) mass is 235 g/mol. The molecule has 4 heteroatoms. The van der Waals surface area contributed by atoms with Gasteiger partial charge in [-0.1, -0.05) is 26.2 Å². The van der Waals surface area contributed by atoms with E-state index in [2.05, 4.69) is 22.2 Å². The van der Waals surface area contributed by atoms with Crippen LogP contribution in [0.3, 0.4) is 0 Å². The van der Waals surface area contributed by atoms with E-state index < -0.39 is 0 Å². The molecule has 1 fully saturated rings. The molecule has 2 N–H and O–H groups in total. The molecule has 94 valence electrons. The second kappa shape index (κ2) is 4.90. The van der Waals surface area contributed by atoms with Gasteiger partial charge in [0.05, 0.1) is 6.04 Å². The van der Waals surface area contributed by atoms with E-state index in [0.717, 1.165) is 18.7 Å². The SMILES string of the molecule is CC(NC(=O)C1(C)CCCCC1)c1ncc[nH]1. The average Bonchev–Trinajstić information content (AvgIpc) is 2.83. The molecule has 0 saturated heterocycles. The van der Waals surface area contributed by atoms with Gasteiger partial charge in [-0.3, -0.25) is 4.79 Å². The molecule has 0 radical (unpaired) electrons. The summed E-state index contributed by atoms with van der Waals surface area (Å²) in [6.45, 7) is 4.04. The van der Waals surface area contributed by atoms with Crippen LogP contribution in [-0.4, -0.2) is 15.9 Å². The largest absolute Gasteiger partial charge is 0.347 e. The molecule has 17 heavy (non-hydrogen) atoms. The van der Waals surface area contributed by atoms with Crippen LogP contribution in [0.5, 0.6) is 0 Å². The van der Waals surface area contributed by atoms with Gasteiger partial charge >= 0.3 is 0 Å². The number of nitrogens with zero attached hydrogens (tertiary/aromatic N) is 1. The fourth-order valence-corrected chi connectivity index (χ4v) is 2.51. The number of imidazole rings is 1. The Morgan fingerprint density at radius 1 is 1.47 bits per heavy atom. The molecule has 0 spiro atoms. The van der Waals surface area contributed by atoms with Crippen molar-refractivity contribution in [3.05, 3.63) is 18.2 Å². The van der Waals surface area contributed by atoms with Crippen LogP contribution in [0.2, 0.25) is 0 Å². The van der Waals surface area contributed by atoms with E-state index in [0.29, 0.717) is 0 Å². The van der Waals surface area contributed by atoms with Crippen LogP contribution in [0.1, 0.15) is 57.8 Å². The number of carbonyl (C=O) groups excluding carboxylic acids is 1. The second-order valence-corrected chi connectivity index (χ2v) is 5.29. The molecule has 2 rings (SSSR count). The van der Waals surface area contributed by atoms with Gasteiger partial charge in [0.15, 0.2) is 0 Å². The number of hydrogen-bond donors (Lipinski definition) is 2. The van der Waals surface area contributed by atoms with Crippen LogP contribution >= 0.6 is 0 Å². The Morgan fingerprint density at radius 2 is 2.18 bits per heavy atom. The molecule has 1 heterocycles. The van der Waals surface area contributed by atoms with E-state index in [-0.39, 0.29) is 17.4 Å². The number of aromatic amines is 1. The Bertz CT molecular complexity index is 366. The quantitative estimate of drug-likeness (QED) is 0.846. The predicted octanol–water partition coefficient (Wildman–Crippen LogP) is 2.56. The van der Waals surface area contributed by atoms with Crippen molar-refractivity contribution in [2.24, 2.45) is 5.41 Å². The molecule has 1 saturated carbocycles. The maximum absolute atomic E-state index is 12.3. The first kappa shape index (κ1) is 12.1. The highest BCUT2D eigenvalue weighted by Gasteiger charge is 2.35. The molecule has 1 aliphatic carbocycles. The first-order valence-corrected chi connectivity index (χ1v) is 6.42. The zero-order valence-electron chi connectivity index (χ0n) is 10.6. The Morgan fingerprint density at radius 3 is 2.76 bits per heavy atom. The highest BCUT2D eigenvalue weighted by molar-refractivity contribution is 5.82. The maximum Gasteiger partial charge on any atom is 0.226 e. The first-order valence-electron chi connectivity index (χ1n) is 6.42. The lowest BCUT2D eigenvalue weighted by Gasteiger charge is -2.32. The number of aromatic nitrogens is 2. The van der Waals surface area contributed by atoms with Crippen molar-refractivity contribution in [3.8, 4) is 0 Å². The Balaban J connectivity index is 1.96.